The van der Waals surface area contributed by atoms with Crippen molar-refractivity contribution in [2.45, 2.75) is 33.2 Å². The second-order valence-electron chi connectivity index (χ2n) is 4.56. The fourth-order valence-electron chi connectivity index (χ4n) is 1.83. The lowest BCUT2D eigenvalue weighted by Crippen LogP contribution is -2.14. The van der Waals surface area contributed by atoms with Gasteiger partial charge in [0.25, 0.3) is 0 Å². The first kappa shape index (κ1) is 16.8. The van der Waals surface area contributed by atoms with Gasteiger partial charge in [-0.15, -0.1) is 0 Å². The van der Waals surface area contributed by atoms with Crippen LogP contribution in [0.15, 0.2) is 18.2 Å². The first-order valence-corrected chi connectivity index (χ1v) is 7.40. The second-order valence-corrected chi connectivity index (χ2v) is 4.56. The van der Waals surface area contributed by atoms with Crippen LogP contribution in [0, 0.1) is 0 Å². The number of rotatable bonds is 11. The molecule has 20 heavy (non-hydrogen) atoms. The fraction of sp³-hybridized carbons (Fsp3) is 0.625. The zero-order chi connectivity index (χ0) is 14.6. The lowest BCUT2D eigenvalue weighted by Gasteiger charge is -2.12. The van der Waals surface area contributed by atoms with Crippen LogP contribution in [0.5, 0.6) is 11.5 Å². The fourth-order valence-corrected chi connectivity index (χ4v) is 1.83. The summed E-state index contributed by atoms with van der Waals surface area (Å²) in [6.45, 7) is 7.92. The van der Waals surface area contributed by atoms with E-state index in [-0.39, 0.29) is 0 Å². The molecule has 0 aliphatic rings. The molecule has 0 unspecified atom stereocenters. The van der Waals surface area contributed by atoms with Gasteiger partial charge < -0.3 is 19.5 Å². The third kappa shape index (κ3) is 6.26. The largest absolute Gasteiger partial charge is 0.493 e. The Morgan fingerprint density at radius 3 is 2.65 bits per heavy atom. The van der Waals surface area contributed by atoms with E-state index in [9.17, 15) is 0 Å². The highest BCUT2D eigenvalue weighted by Gasteiger charge is 2.05. The zero-order valence-electron chi connectivity index (χ0n) is 12.9. The average molecular weight is 281 g/mol. The molecule has 1 aromatic rings. The Bertz CT molecular complexity index is 369. The van der Waals surface area contributed by atoms with Gasteiger partial charge in [0.2, 0.25) is 0 Å². The molecular weight excluding hydrogens is 254 g/mol. The lowest BCUT2D eigenvalue weighted by atomic mass is 10.2. The van der Waals surface area contributed by atoms with Gasteiger partial charge in [-0.1, -0.05) is 19.4 Å². The normalized spacial score (nSPS) is 10.6. The minimum Gasteiger partial charge on any atom is -0.493 e. The molecule has 0 aliphatic carbocycles. The Morgan fingerprint density at radius 1 is 1.10 bits per heavy atom. The number of benzene rings is 1. The molecule has 0 saturated carbocycles. The van der Waals surface area contributed by atoms with Gasteiger partial charge in [0, 0.05) is 13.2 Å². The predicted molar refractivity (Wildman–Crippen MR) is 81.6 cm³/mol. The summed E-state index contributed by atoms with van der Waals surface area (Å²) in [5, 5.41) is 3.42. The molecule has 4 nitrogen and oxygen atoms in total. The van der Waals surface area contributed by atoms with Crippen LogP contribution in [-0.4, -0.2) is 33.5 Å². The highest BCUT2D eigenvalue weighted by molar-refractivity contribution is 5.42. The Labute approximate surface area is 122 Å². The molecule has 0 radical (unpaired) electrons. The number of unbranched alkanes of at least 4 members (excludes halogenated alkanes) is 1. The van der Waals surface area contributed by atoms with E-state index in [2.05, 4.69) is 18.3 Å². The minimum absolute atomic E-state index is 0.540. The smallest absolute Gasteiger partial charge is 0.161 e. The molecule has 1 aromatic carbocycles. The van der Waals surface area contributed by atoms with Crippen LogP contribution in [0.1, 0.15) is 32.3 Å². The Morgan fingerprint density at radius 2 is 1.95 bits per heavy atom. The summed E-state index contributed by atoms with van der Waals surface area (Å²) in [6, 6.07) is 6.05. The second kappa shape index (κ2) is 10.5. The van der Waals surface area contributed by atoms with Crippen molar-refractivity contribution in [3.8, 4) is 11.5 Å². The summed E-state index contributed by atoms with van der Waals surface area (Å²) in [5.41, 5.74) is 1.20. The van der Waals surface area contributed by atoms with Crippen molar-refractivity contribution in [1.82, 2.24) is 5.32 Å². The van der Waals surface area contributed by atoms with E-state index in [1.54, 1.807) is 7.11 Å². The third-order valence-electron chi connectivity index (χ3n) is 2.95. The highest BCUT2D eigenvalue weighted by atomic mass is 16.5. The highest BCUT2D eigenvalue weighted by Crippen LogP contribution is 2.27. The molecule has 114 valence electrons. The molecule has 0 atom stereocenters. The zero-order valence-corrected chi connectivity index (χ0v) is 12.9. The maximum absolute atomic E-state index is 5.66. The van der Waals surface area contributed by atoms with E-state index in [0.717, 1.165) is 24.6 Å². The Balaban J connectivity index is 2.47. The third-order valence-corrected chi connectivity index (χ3v) is 2.95. The van der Waals surface area contributed by atoms with Gasteiger partial charge in [-0.25, -0.2) is 0 Å². The molecule has 0 saturated heterocycles. The van der Waals surface area contributed by atoms with Crippen molar-refractivity contribution in [3.63, 3.8) is 0 Å². The molecule has 0 heterocycles. The quantitative estimate of drug-likeness (QED) is 0.633. The lowest BCUT2D eigenvalue weighted by molar-refractivity contribution is 0.109. The van der Waals surface area contributed by atoms with E-state index in [4.69, 9.17) is 14.2 Å². The summed E-state index contributed by atoms with van der Waals surface area (Å²) in [4.78, 5) is 0. The summed E-state index contributed by atoms with van der Waals surface area (Å²) in [5.74, 6) is 1.54. The van der Waals surface area contributed by atoms with E-state index < -0.39 is 0 Å². The van der Waals surface area contributed by atoms with Crippen LogP contribution in [0.2, 0.25) is 0 Å². The SMILES string of the molecule is CCCCNCc1ccc(OCCOCC)c(OC)c1. The van der Waals surface area contributed by atoms with Crippen LogP contribution in [0.25, 0.3) is 0 Å². The Kier molecular flexibility index (Phi) is 8.83. The van der Waals surface area contributed by atoms with Crippen LogP contribution in [-0.2, 0) is 11.3 Å². The molecule has 0 aliphatic heterocycles. The van der Waals surface area contributed by atoms with Gasteiger partial charge in [-0.3, -0.25) is 0 Å². The van der Waals surface area contributed by atoms with Gasteiger partial charge in [0.1, 0.15) is 6.61 Å². The molecule has 1 N–H and O–H groups in total. The van der Waals surface area contributed by atoms with Gasteiger partial charge in [-0.2, -0.15) is 0 Å². The average Bonchev–Trinajstić information content (AvgIpc) is 2.49. The van der Waals surface area contributed by atoms with E-state index >= 15 is 0 Å². The first-order valence-electron chi connectivity index (χ1n) is 7.40. The summed E-state index contributed by atoms with van der Waals surface area (Å²) in [6.07, 6.45) is 2.42. The van der Waals surface area contributed by atoms with Gasteiger partial charge >= 0.3 is 0 Å². The molecule has 0 bridgehead atoms. The number of hydrogen-bond donors (Lipinski definition) is 1. The monoisotopic (exact) mass is 281 g/mol. The van der Waals surface area contributed by atoms with Crippen molar-refractivity contribution in [1.29, 1.82) is 0 Å². The number of nitrogens with one attached hydrogen (secondary N) is 1. The van der Waals surface area contributed by atoms with Crippen LogP contribution in [0.4, 0.5) is 0 Å². The van der Waals surface area contributed by atoms with Crippen LogP contribution in [0.3, 0.4) is 0 Å². The van der Waals surface area contributed by atoms with Crippen LogP contribution < -0.4 is 14.8 Å². The molecule has 0 fully saturated rings. The molecular formula is C16H27NO3. The van der Waals surface area contributed by atoms with Crippen molar-refractivity contribution < 1.29 is 14.2 Å². The summed E-state index contributed by atoms with van der Waals surface area (Å²) in [7, 11) is 1.67. The molecule has 4 heteroatoms. The van der Waals surface area contributed by atoms with E-state index in [0.29, 0.717) is 19.8 Å². The van der Waals surface area contributed by atoms with E-state index in [1.165, 1.54) is 18.4 Å². The van der Waals surface area contributed by atoms with Crippen LogP contribution >= 0.6 is 0 Å². The van der Waals surface area contributed by atoms with Gasteiger partial charge in [-0.05, 0) is 37.6 Å². The topological polar surface area (TPSA) is 39.7 Å². The maximum Gasteiger partial charge on any atom is 0.161 e. The number of hydrogen-bond acceptors (Lipinski definition) is 4. The predicted octanol–water partition coefficient (Wildman–Crippen LogP) is 3.00. The minimum atomic E-state index is 0.540. The van der Waals surface area contributed by atoms with Crippen molar-refractivity contribution in [2.24, 2.45) is 0 Å². The molecule has 0 spiro atoms. The molecule has 0 aromatic heterocycles. The van der Waals surface area contributed by atoms with Gasteiger partial charge in [0.05, 0.1) is 13.7 Å². The summed E-state index contributed by atoms with van der Waals surface area (Å²) >= 11 is 0. The standard InChI is InChI=1S/C16H27NO3/c1-4-6-9-17-13-14-7-8-15(16(12-14)18-3)20-11-10-19-5-2/h7-8,12,17H,4-6,9-11,13H2,1-3H3. The number of methoxy groups -OCH3 is 1. The number of ether oxygens (including phenoxy) is 3. The molecule has 1 rings (SSSR count). The Hall–Kier alpha value is -1.26. The van der Waals surface area contributed by atoms with Crippen molar-refractivity contribution in [2.75, 3.05) is 33.5 Å². The first-order chi connectivity index (χ1) is 9.81. The van der Waals surface area contributed by atoms with Gasteiger partial charge in [0.15, 0.2) is 11.5 Å². The maximum atomic E-state index is 5.66. The van der Waals surface area contributed by atoms with E-state index in [1.807, 2.05) is 19.1 Å². The van der Waals surface area contributed by atoms with Crippen molar-refractivity contribution in [3.05, 3.63) is 23.8 Å². The summed E-state index contributed by atoms with van der Waals surface area (Å²) < 4.78 is 16.3. The van der Waals surface area contributed by atoms with Crippen molar-refractivity contribution >= 4 is 0 Å². The molecule has 0 amide bonds.